The summed E-state index contributed by atoms with van der Waals surface area (Å²) in [4.78, 5) is 0. The summed E-state index contributed by atoms with van der Waals surface area (Å²) < 4.78 is 6.84. The second-order valence-electron chi connectivity index (χ2n) is 3.88. The molecule has 0 aliphatic heterocycles. The van der Waals surface area contributed by atoms with Gasteiger partial charge in [-0.25, -0.2) is 0 Å². The van der Waals surface area contributed by atoms with Crippen molar-refractivity contribution in [3.63, 3.8) is 0 Å². The van der Waals surface area contributed by atoms with Gasteiger partial charge in [0.1, 0.15) is 12.4 Å². The second-order valence-corrected chi connectivity index (χ2v) is 4.74. The predicted molar refractivity (Wildman–Crippen MR) is 74.3 cm³/mol. The first-order valence-corrected chi connectivity index (χ1v) is 6.54. The van der Waals surface area contributed by atoms with E-state index in [-0.39, 0.29) is 0 Å². The first-order valence-electron chi connectivity index (χ1n) is 5.74. The normalized spacial score (nSPS) is 10.2. The quantitative estimate of drug-likeness (QED) is 0.800. The van der Waals surface area contributed by atoms with Crippen molar-refractivity contribution in [2.24, 2.45) is 0 Å². The molecule has 2 rings (SSSR count). The van der Waals surface area contributed by atoms with Gasteiger partial charge < -0.3 is 4.74 Å². The van der Waals surface area contributed by atoms with Crippen LogP contribution in [0.3, 0.4) is 0 Å². The minimum Gasteiger partial charge on any atom is -0.489 e. The number of halogens is 1. The molecule has 2 aromatic carbocycles. The number of hydrogen-bond donors (Lipinski definition) is 0. The van der Waals surface area contributed by atoms with Crippen LogP contribution in [0.2, 0.25) is 0 Å². The van der Waals surface area contributed by atoms with Gasteiger partial charge in [-0.05, 0) is 30.2 Å². The van der Waals surface area contributed by atoms with E-state index in [1.807, 2.05) is 30.3 Å². The number of ether oxygens (including phenoxy) is 1. The van der Waals surface area contributed by atoms with Crippen LogP contribution >= 0.6 is 15.9 Å². The lowest BCUT2D eigenvalue weighted by Gasteiger charge is -2.09. The molecule has 0 spiro atoms. The minimum absolute atomic E-state index is 0.596. The van der Waals surface area contributed by atoms with Crippen LogP contribution in [0.4, 0.5) is 0 Å². The number of hydrogen-bond acceptors (Lipinski definition) is 1. The maximum atomic E-state index is 5.74. The fourth-order valence-corrected chi connectivity index (χ4v) is 2.00. The summed E-state index contributed by atoms with van der Waals surface area (Å²) >= 11 is 3.55. The van der Waals surface area contributed by atoms with Gasteiger partial charge in [0.15, 0.2) is 0 Å². The minimum atomic E-state index is 0.596. The van der Waals surface area contributed by atoms with Crippen LogP contribution in [0, 0.1) is 0 Å². The Bertz CT molecular complexity index is 480. The molecule has 1 nitrogen and oxygen atoms in total. The highest BCUT2D eigenvalue weighted by Crippen LogP contribution is 2.21. The summed E-state index contributed by atoms with van der Waals surface area (Å²) in [6.45, 7) is 2.75. The molecule has 0 amide bonds. The van der Waals surface area contributed by atoms with Gasteiger partial charge in [-0.1, -0.05) is 53.2 Å². The van der Waals surface area contributed by atoms with Crippen LogP contribution in [0.5, 0.6) is 5.75 Å². The molecule has 0 N–H and O–H groups in total. The van der Waals surface area contributed by atoms with Crippen LogP contribution < -0.4 is 4.74 Å². The van der Waals surface area contributed by atoms with Crippen LogP contribution in [0.1, 0.15) is 18.1 Å². The molecular formula is C15H15BrO. The number of para-hydroxylation sites is 1. The third-order valence-electron chi connectivity index (χ3n) is 2.66. The summed E-state index contributed by atoms with van der Waals surface area (Å²) in [5.74, 6) is 0.904. The third-order valence-corrected chi connectivity index (χ3v) is 3.43. The molecule has 0 saturated heterocycles. The van der Waals surface area contributed by atoms with Crippen molar-refractivity contribution in [2.75, 3.05) is 0 Å². The van der Waals surface area contributed by atoms with Gasteiger partial charge in [0.05, 0.1) is 0 Å². The monoisotopic (exact) mass is 290 g/mol. The van der Waals surface area contributed by atoms with Crippen molar-refractivity contribution in [2.45, 2.75) is 20.0 Å². The average Bonchev–Trinajstić information content (AvgIpc) is 2.39. The van der Waals surface area contributed by atoms with Crippen molar-refractivity contribution in [3.05, 3.63) is 64.1 Å². The molecule has 0 fully saturated rings. The van der Waals surface area contributed by atoms with Crippen molar-refractivity contribution < 1.29 is 4.74 Å². The molecule has 88 valence electrons. The fraction of sp³-hybridized carbons (Fsp3) is 0.200. The Morgan fingerprint density at radius 1 is 1.06 bits per heavy atom. The van der Waals surface area contributed by atoms with Crippen LogP contribution in [0.15, 0.2) is 53.0 Å². The molecule has 0 unspecified atom stereocenters. The number of benzene rings is 2. The highest BCUT2D eigenvalue weighted by molar-refractivity contribution is 9.10. The van der Waals surface area contributed by atoms with E-state index in [0.717, 1.165) is 16.6 Å². The Morgan fingerprint density at radius 3 is 2.53 bits per heavy atom. The lowest BCUT2D eigenvalue weighted by atomic mass is 10.1. The van der Waals surface area contributed by atoms with E-state index < -0.39 is 0 Å². The van der Waals surface area contributed by atoms with Crippen molar-refractivity contribution in [3.8, 4) is 5.75 Å². The second kappa shape index (κ2) is 5.87. The Hall–Kier alpha value is -1.28. The zero-order chi connectivity index (χ0) is 12.1. The average molecular weight is 291 g/mol. The molecule has 2 heteroatoms. The Morgan fingerprint density at radius 2 is 1.82 bits per heavy atom. The Labute approximate surface area is 111 Å². The first-order chi connectivity index (χ1) is 8.29. The molecule has 17 heavy (non-hydrogen) atoms. The maximum absolute atomic E-state index is 5.74. The van der Waals surface area contributed by atoms with Crippen molar-refractivity contribution >= 4 is 15.9 Å². The number of aryl methyl sites for hydroxylation is 1. The van der Waals surface area contributed by atoms with E-state index >= 15 is 0 Å². The van der Waals surface area contributed by atoms with Gasteiger partial charge >= 0.3 is 0 Å². The summed E-state index contributed by atoms with van der Waals surface area (Å²) in [6.07, 6.45) is 1.05. The van der Waals surface area contributed by atoms with E-state index in [2.05, 4.69) is 41.1 Å². The van der Waals surface area contributed by atoms with Crippen LogP contribution in [-0.2, 0) is 13.0 Å². The molecular weight excluding hydrogens is 276 g/mol. The highest BCUT2D eigenvalue weighted by atomic mass is 79.9. The smallest absolute Gasteiger partial charge is 0.119 e. The van der Waals surface area contributed by atoms with Gasteiger partial charge in [-0.3, -0.25) is 0 Å². The van der Waals surface area contributed by atoms with Gasteiger partial charge in [0.25, 0.3) is 0 Å². The summed E-state index contributed by atoms with van der Waals surface area (Å²) in [7, 11) is 0. The van der Waals surface area contributed by atoms with E-state index in [4.69, 9.17) is 4.74 Å². The van der Waals surface area contributed by atoms with E-state index in [0.29, 0.717) is 6.61 Å². The molecule has 0 bridgehead atoms. The van der Waals surface area contributed by atoms with E-state index in [1.165, 1.54) is 11.1 Å². The lowest BCUT2D eigenvalue weighted by Crippen LogP contribution is -1.97. The molecule has 0 saturated carbocycles. The van der Waals surface area contributed by atoms with Gasteiger partial charge in [0, 0.05) is 10.0 Å². The summed E-state index contributed by atoms with van der Waals surface area (Å²) in [6, 6.07) is 16.3. The largest absolute Gasteiger partial charge is 0.489 e. The molecule has 0 aromatic heterocycles. The molecule has 2 aromatic rings. The third kappa shape index (κ3) is 3.34. The topological polar surface area (TPSA) is 9.23 Å². The summed E-state index contributed by atoms with van der Waals surface area (Å²) in [5, 5.41) is 0. The predicted octanol–water partition coefficient (Wildman–Crippen LogP) is 4.59. The molecule has 0 radical (unpaired) electrons. The molecule has 0 aliphatic carbocycles. The first kappa shape index (κ1) is 12.2. The fourth-order valence-electron chi connectivity index (χ4n) is 1.64. The molecule has 0 heterocycles. The van der Waals surface area contributed by atoms with Gasteiger partial charge in [-0.2, -0.15) is 0 Å². The SMILES string of the molecule is CCc1ccc(Br)c(COc2ccccc2)c1. The van der Waals surface area contributed by atoms with Crippen molar-refractivity contribution in [1.82, 2.24) is 0 Å². The lowest BCUT2D eigenvalue weighted by molar-refractivity contribution is 0.305. The Balaban J connectivity index is 2.08. The van der Waals surface area contributed by atoms with E-state index in [1.54, 1.807) is 0 Å². The van der Waals surface area contributed by atoms with E-state index in [9.17, 15) is 0 Å². The Kier molecular flexibility index (Phi) is 4.21. The van der Waals surface area contributed by atoms with Crippen LogP contribution in [-0.4, -0.2) is 0 Å². The van der Waals surface area contributed by atoms with Crippen LogP contribution in [0.25, 0.3) is 0 Å². The summed E-state index contributed by atoms with van der Waals surface area (Å²) in [5.41, 5.74) is 2.52. The van der Waals surface area contributed by atoms with Crippen molar-refractivity contribution in [1.29, 1.82) is 0 Å². The standard InChI is InChI=1S/C15H15BrO/c1-2-12-8-9-15(16)13(10-12)11-17-14-6-4-3-5-7-14/h3-10H,2,11H2,1H3. The maximum Gasteiger partial charge on any atom is 0.119 e. The zero-order valence-electron chi connectivity index (χ0n) is 9.82. The highest BCUT2D eigenvalue weighted by Gasteiger charge is 2.02. The van der Waals surface area contributed by atoms with Gasteiger partial charge in [-0.15, -0.1) is 0 Å². The molecule has 0 aliphatic rings. The molecule has 0 atom stereocenters. The number of rotatable bonds is 4. The zero-order valence-corrected chi connectivity index (χ0v) is 11.4. The van der Waals surface area contributed by atoms with Gasteiger partial charge in [0.2, 0.25) is 0 Å².